The fourth-order valence-corrected chi connectivity index (χ4v) is 3.53. The molecule has 1 unspecified atom stereocenters. The number of piperidine rings is 2. The first-order chi connectivity index (χ1) is 10.2. The summed E-state index contributed by atoms with van der Waals surface area (Å²) in [6, 6.07) is 0. The fourth-order valence-electron chi connectivity index (χ4n) is 3.53. The smallest absolute Gasteiger partial charge is 0.220 e. The Hall–Kier alpha value is -0.610. The molecule has 2 aliphatic rings. The van der Waals surface area contributed by atoms with E-state index in [1.165, 1.54) is 45.2 Å². The molecule has 1 atom stereocenters. The van der Waals surface area contributed by atoms with Crippen LogP contribution in [-0.2, 0) is 4.79 Å². The van der Waals surface area contributed by atoms with Gasteiger partial charge in [-0.2, -0.15) is 0 Å². The van der Waals surface area contributed by atoms with Crippen molar-refractivity contribution in [2.24, 2.45) is 11.8 Å². The highest BCUT2D eigenvalue weighted by atomic mass is 16.1. The zero-order chi connectivity index (χ0) is 14.9. The van der Waals surface area contributed by atoms with E-state index < -0.39 is 0 Å². The molecule has 4 nitrogen and oxygen atoms in total. The van der Waals surface area contributed by atoms with Crippen molar-refractivity contribution < 1.29 is 4.79 Å². The van der Waals surface area contributed by atoms with Gasteiger partial charge < -0.3 is 15.5 Å². The fraction of sp³-hybridized carbons (Fsp3) is 0.941. The van der Waals surface area contributed by atoms with Crippen molar-refractivity contribution in [2.45, 2.75) is 51.9 Å². The number of nitrogens with zero attached hydrogens (tertiary/aromatic N) is 1. The van der Waals surface area contributed by atoms with Crippen LogP contribution in [0.3, 0.4) is 0 Å². The van der Waals surface area contributed by atoms with E-state index in [9.17, 15) is 4.79 Å². The Kier molecular flexibility index (Phi) is 7.51. The molecule has 0 aromatic heterocycles. The predicted octanol–water partition coefficient (Wildman–Crippen LogP) is 2.00. The lowest BCUT2D eigenvalue weighted by atomic mass is 9.93. The second-order valence-electron chi connectivity index (χ2n) is 7.00. The Morgan fingerprint density at radius 2 is 1.95 bits per heavy atom. The topological polar surface area (TPSA) is 44.4 Å². The van der Waals surface area contributed by atoms with Gasteiger partial charge in [-0.3, -0.25) is 4.79 Å². The van der Waals surface area contributed by atoms with Crippen LogP contribution in [0.4, 0.5) is 0 Å². The normalized spacial score (nSPS) is 22.9. The van der Waals surface area contributed by atoms with Gasteiger partial charge in [0.1, 0.15) is 0 Å². The van der Waals surface area contributed by atoms with Crippen LogP contribution in [0, 0.1) is 11.8 Å². The molecule has 2 heterocycles. The van der Waals surface area contributed by atoms with Gasteiger partial charge in [0, 0.05) is 19.5 Å². The van der Waals surface area contributed by atoms with E-state index in [-0.39, 0.29) is 5.91 Å². The zero-order valence-electron chi connectivity index (χ0n) is 13.7. The number of rotatable bonds is 7. The highest BCUT2D eigenvalue weighted by molar-refractivity contribution is 5.75. The maximum Gasteiger partial charge on any atom is 0.220 e. The largest absolute Gasteiger partial charge is 0.356 e. The molecule has 0 radical (unpaired) electrons. The molecule has 21 heavy (non-hydrogen) atoms. The van der Waals surface area contributed by atoms with Gasteiger partial charge in [-0.25, -0.2) is 0 Å². The summed E-state index contributed by atoms with van der Waals surface area (Å²) in [5, 5.41) is 6.51. The monoisotopic (exact) mass is 295 g/mol. The molecule has 0 aromatic carbocycles. The summed E-state index contributed by atoms with van der Waals surface area (Å²) in [5.41, 5.74) is 0. The van der Waals surface area contributed by atoms with Crippen LogP contribution in [0.5, 0.6) is 0 Å². The molecule has 122 valence electrons. The number of carbonyl (C=O) groups is 1. The van der Waals surface area contributed by atoms with Crippen molar-refractivity contribution in [3.05, 3.63) is 0 Å². The summed E-state index contributed by atoms with van der Waals surface area (Å²) < 4.78 is 0. The van der Waals surface area contributed by atoms with Crippen LogP contribution < -0.4 is 10.6 Å². The third-order valence-electron chi connectivity index (χ3n) is 4.90. The molecule has 0 aliphatic carbocycles. The summed E-state index contributed by atoms with van der Waals surface area (Å²) in [4.78, 5) is 14.5. The molecule has 4 heteroatoms. The van der Waals surface area contributed by atoms with Gasteiger partial charge >= 0.3 is 0 Å². The van der Waals surface area contributed by atoms with Crippen LogP contribution in [0.2, 0.25) is 0 Å². The molecule has 2 rings (SSSR count). The van der Waals surface area contributed by atoms with Crippen molar-refractivity contribution in [1.82, 2.24) is 15.5 Å². The Bertz CT molecular complexity index is 296. The lowest BCUT2D eigenvalue weighted by Gasteiger charge is -2.29. The quantitative estimate of drug-likeness (QED) is 0.755. The molecule has 2 fully saturated rings. The lowest BCUT2D eigenvalue weighted by Crippen LogP contribution is -2.38. The van der Waals surface area contributed by atoms with Gasteiger partial charge in [0.2, 0.25) is 5.91 Å². The molecule has 0 spiro atoms. The number of nitrogens with one attached hydrogen (secondary N) is 2. The number of likely N-dealkylation sites (tertiary alicyclic amines) is 1. The summed E-state index contributed by atoms with van der Waals surface area (Å²) in [5.74, 6) is 1.56. The molecular weight excluding hydrogens is 262 g/mol. The minimum absolute atomic E-state index is 0.249. The molecule has 0 aromatic rings. The zero-order valence-corrected chi connectivity index (χ0v) is 13.7. The van der Waals surface area contributed by atoms with E-state index in [2.05, 4.69) is 22.5 Å². The first-order valence-electron chi connectivity index (χ1n) is 8.94. The summed E-state index contributed by atoms with van der Waals surface area (Å²) in [6.45, 7) is 8.96. The summed E-state index contributed by atoms with van der Waals surface area (Å²) in [7, 11) is 0. The summed E-state index contributed by atoms with van der Waals surface area (Å²) >= 11 is 0. The van der Waals surface area contributed by atoms with E-state index in [0.717, 1.165) is 38.5 Å². The lowest BCUT2D eigenvalue weighted by molar-refractivity contribution is -0.121. The molecule has 1 amide bonds. The summed E-state index contributed by atoms with van der Waals surface area (Å²) in [6.07, 6.45) is 8.31. The second-order valence-corrected chi connectivity index (χ2v) is 7.00. The molecule has 2 aliphatic heterocycles. The van der Waals surface area contributed by atoms with Crippen LogP contribution in [0.25, 0.3) is 0 Å². The third-order valence-corrected chi connectivity index (χ3v) is 4.90. The van der Waals surface area contributed by atoms with Crippen molar-refractivity contribution in [3.63, 3.8) is 0 Å². The highest BCUT2D eigenvalue weighted by Gasteiger charge is 2.16. The van der Waals surface area contributed by atoms with E-state index >= 15 is 0 Å². The van der Waals surface area contributed by atoms with Gasteiger partial charge in [-0.05, 0) is 70.1 Å². The van der Waals surface area contributed by atoms with Crippen molar-refractivity contribution in [2.75, 3.05) is 39.3 Å². The SMILES string of the molecule is CC(CNC(=O)CCC1CCNCC1)CN1CCCCC1. The Morgan fingerprint density at radius 1 is 1.24 bits per heavy atom. The minimum Gasteiger partial charge on any atom is -0.356 e. The Labute approximate surface area is 130 Å². The number of carbonyl (C=O) groups excluding carboxylic acids is 1. The van der Waals surface area contributed by atoms with Crippen LogP contribution in [0.1, 0.15) is 51.9 Å². The predicted molar refractivity (Wildman–Crippen MR) is 87.3 cm³/mol. The van der Waals surface area contributed by atoms with E-state index in [1.54, 1.807) is 0 Å². The van der Waals surface area contributed by atoms with Crippen LogP contribution in [0.15, 0.2) is 0 Å². The molecule has 2 N–H and O–H groups in total. The standard InChI is InChI=1S/C17H33N3O/c1-15(14-20-11-3-2-4-12-20)13-19-17(21)6-5-16-7-9-18-10-8-16/h15-16,18H,2-14H2,1H3,(H,19,21). The number of amides is 1. The third kappa shape index (κ3) is 6.79. The highest BCUT2D eigenvalue weighted by Crippen LogP contribution is 2.17. The number of hydrogen-bond acceptors (Lipinski definition) is 3. The Morgan fingerprint density at radius 3 is 2.67 bits per heavy atom. The first-order valence-corrected chi connectivity index (χ1v) is 8.94. The first kappa shape index (κ1) is 16.8. The average molecular weight is 295 g/mol. The van der Waals surface area contributed by atoms with Crippen molar-refractivity contribution in [3.8, 4) is 0 Å². The van der Waals surface area contributed by atoms with E-state index in [4.69, 9.17) is 0 Å². The molecular formula is C17H33N3O. The average Bonchev–Trinajstić information content (AvgIpc) is 2.53. The van der Waals surface area contributed by atoms with Crippen molar-refractivity contribution in [1.29, 1.82) is 0 Å². The van der Waals surface area contributed by atoms with Gasteiger partial charge in [-0.1, -0.05) is 13.3 Å². The molecule has 0 bridgehead atoms. The molecule has 2 saturated heterocycles. The van der Waals surface area contributed by atoms with Gasteiger partial charge in [0.05, 0.1) is 0 Å². The maximum absolute atomic E-state index is 11.9. The van der Waals surface area contributed by atoms with Gasteiger partial charge in [-0.15, -0.1) is 0 Å². The van der Waals surface area contributed by atoms with Crippen molar-refractivity contribution >= 4 is 5.91 Å². The van der Waals surface area contributed by atoms with Gasteiger partial charge in [0.15, 0.2) is 0 Å². The van der Waals surface area contributed by atoms with Gasteiger partial charge in [0.25, 0.3) is 0 Å². The molecule has 0 saturated carbocycles. The van der Waals surface area contributed by atoms with E-state index in [0.29, 0.717) is 12.3 Å². The van der Waals surface area contributed by atoms with Crippen LogP contribution in [-0.4, -0.2) is 50.1 Å². The second kappa shape index (κ2) is 9.42. The number of hydrogen-bond donors (Lipinski definition) is 2. The van der Waals surface area contributed by atoms with Crippen LogP contribution >= 0.6 is 0 Å². The van der Waals surface area contributed by atoms with E-state index in [1.807, 2.05) is 0 Å². The minimum atomic E-state index is 0.249. The Balaban J connectivity index is 1.52. The maximum atomic E-state index is 11.9.